The number of carbonyl (C=O) groups is 1. The molecule has 1 atom stereocenters. The molecule has 1 unspecified atom stereocenters. The summed E-state index contributed by atoms with van der Waals surface area (Å²) in [6.45, 7) is 8.37. The Morgan fingerprint density at radius 2 is 2.14 bits per heavy atom. The van der Waals surface area contributed by atoms with Gasteiger partial charge in [0.15, 0.2) is 0 Å². The lowest BCUT2D eigenvalue weighted by Crippen LogP contribution is -2.31. The number of rotatable bonds is 7. The highest BCUT2D eigenvalue weighted by Crippen LogP contribution is 2.11. The van der Waals surface area contributed by atoms with Gasteiger partial charge in [0.25, 0.3) is 0 Å². The van der Waals surface area contributed by atoms with Gasteiger partial charge in [-0.05, 0) is 38.5 Å². The summed E-state index contributed by atoms with van der Waals surface area (Å²) in [5.41, 5.74) is 0.983. The van der Waals surface area contributed by atoms with E-state index in [1.807, 2.05) is 25.3 Å². The van der Waals surface area contributed by atoms with Crippen LogP contribution in [0.15, 0.2) is 36.8 Å². The number of hydrogen-bond acceptors (Lipinski definition) is 4. The van der Waals surface area contributed by atoms with Crippen molar-refractivity contribution in [3.8, 4) is 0 Å². The lowest BCUT2D eigenvalue weighted by Gasteiger charge is -2.19. The van der Waals surface area contributed by atoms with Crippen molar-refractivity contribution in [2.75, 3.05) is 18.0 Å². The van der Waals surface area contributed by atoms with E-state index in [-0.39, 0.29) is 11.9 Å². The molecule has 0 aliphatic carbocycles. The van der Waals surface area contributed by atoms with Crippen LogP contribution >= 0.6 is 0 Å². The molecular formula is C16H23N5O. The molecule has 118 valence electrons. The molecule has 0 saturated carbocycles. The first-order chi connectivity index (χ1) is 10.7. The summed E-state index contributed by atoms with van der Waals surface area (Å²) in [5.74, 6) is 0.904. The molecule has 6 heteroatoms. The standard InChI is InChI=1S/C16H23N5O/c1-4-20(5-2)15-8-7-14(11-17-15)12-18-16(22)13(3)21-10-6-9-19-21/h6-11,13H,4-5,12H2,1-3H3,(H,18,22). The minimum Gasteiger partial charge on any atom is -0.357 e. The number of nitrogens with zero attached hydrogens (tertiary/aromatic N) is 4. The van der Waals surface area contributed by atoms with Crippen LogP contribution in [0.3, 0.4) is 0 Å². The molecule has 6 nitrogen and oxygen atoms in total. The molecule has 0 aliphatic rings. The fourth-order valence-corrected chi connectivity index (χ4v) is 2.22. The molecule has 2 rings (SSSR count). The molecule has 0 saturated heterocycles. The van der Waals surface area contributed by atoms with E-state index in [0.29, 0.717) is 6.54 Å². The largest absolute Gasteiger partial charge is 0.357 e. The zero-order valence-corrected chi connectivity index (χ0v) is 13.4. The Balaban J connectivity index is 1.90. The average molecular weight is 301 g/mol. The van der Waals surface area contributed by atoms with Gasteiger partial charge in [0.1, 0.15) is 11.9 Å². The summed E-state index contributed by atoms with van der Waals surface area (Å²) < 4.78 is 1.64. The minimum atomic E-state index is -0.321. The number of pyridine rings is 1. The molecule has 0 spiro atoms. The predicted molar refractivity (Wildman–Crippen MR) is 86.6 cm³/mol. The Bertz CT molecular complexity index is 575. The van der Waals surface area contributed by atoms with Crippen LogP contribution in [0, 0.1) is 0 Å². The number of amides is 1. The van der Waals surface area contributed by atoms with E-state index in [0.717, 1.165) is 24.5 Å². The highest BCUT2D eigenvalue weighted by atomic mass is 16.2. The van der Waals surface area contributed by atoms with Crippen LogP contribution in [0.1, 0.15) is 32.4 Å². The van der Waals surface area contributed by atoms with E-state index in [2.05, 4.69) is 34.1 Å². The van der Waals surface area contributed by atoms with E-state index >= 15 is 0 Å². The molecule has 1 amide bonds. The monoisotopic (exact) mass is 301 g/mol. The smallest absolute Gasteiger partial charge is 0.244 e. The quantitative estimate of drug-likeness (QED) is 0.849. The number of hydrogen-bond donors (Lipinski definition) is 1. The first kappa shape index (κ1) is 16.0. The van der Waals surface area contributed by atoms with Crippen molar-refractivity contribution < 1.29 is 4.79 Å². The lowest BCUT2D eigenvalue weighted by molar-refractivity contribution is -0.124. The molecule has 0 fully saturated rings. The molecule has 22 heavy (non-hydrogen) atoms. The second-order valence-corrected chi connectivity index (χ2v) is 5.08. The summed E-state index contributed by atoms with van der Waals surface area (Å²) >= 11 is 0. The fourth-order valence-electron chi connectivity index (χ4n) is 2.22. The van der Waals surface area contributed by atoms with Crippen molar-refractivity contribution in [2.24, 2.45) is 0 Å². The van der Waals surface area contributed by atoms with Gasteiger partial charge in [-0.2, -0.15) is 5.10 Å². The summed E-state index contributed by atoms with van der Waals surface area (Å²) in [5, 5.41) is 6.99. The van der Waals surface area contributed by atoms with Crippen LogP contribution in [0.4, 0.5) is 5.82 Å². The average Bonchev–Trinajstić information content (AvgIpc) is 3.08. The van der Waals surface area contributed by atoms with Crippen LogP contribution in [-0.2, 0) is 11.3 Å². The Labute approximate surface area is 131 Å². The van der Waals surface area contributed by atoms with E-state index in [9.17, 15) is 4.79 Å². The highest BCUT2D eigenvalue weighted by molar-refractivity contribution is 5.79. The van der Waals surface area contributed by atoms with E-state index in [4.69, 9.17) is 0 Å². The second kappa shape index (κ2) is 7.59. The fraction of sp³-hybridized carbons (Fsp3) is 0.438. The molecule has 0 aliphatic heterocycles. The van der Waals surface area contributed by atoms with Crippen LogP contribution in [-0.4, -0.2) is 33.8 Å². The molecule has 2 heterocycles. The SMILES string of the molecule is CCN(CC)c1ccc(CNC(=O)C(C)n2cccn2)cn1. The van der Waals surface area contributed by atoms with Gasteiger partial charge < -0.3 is 10.2 Å². The maximum atomic E-state index is 12.1. The van der Waals surface area contributed by atoms with Crippen LogP contribution in [0.2, 0.25) is 0 Å². The van der Waals surface area contributed by atoms with Crippen LogP contribution in [0.25, 0.3) is 0 Å². The number of nitrogens with one attached hydrogen (secondary N) is 1. The number of anilines is 1. The zero-order valence-electron chi connectivity index (χ0n) is 13.4. The highest BCUT2D eigenvalue weighted by Gasteiger charge is 2.14. The van der Waals surface area contributed by atoms with Crippen molar-refractivity contribution >= 4 is 11.7 Å². The third kappa shape index (κ3) is 3.84. The van der Waals surface area contributed by atoms with Crippen molar-refractivity contribution in [3.63, 3.8) is 0 Å². The molecule has 2 aromatic heterocycles. The van der Waals surface area contributed by atoms with Gasteiger partial charge in [-0.1, -0.05) is 6.07 Å². The van der Waals surface area contributed by atoms with Gasteiger partial charge >= 0.3 is 0 Å². The van der Waals surface area contributed by atoms with Crippen LogP contribution < -0.4 is 10.2 Å². The summed E-state index contributed by atoms with van der Waals surface area (Å²) in [6.07, 6.45) is 5.26. The normalized spacial score (nSPS) is 12.0. The van der Waals surface area contributed by atoms with E-state index in [1.54, 1.807) is 23.1 Å². The van der Waals surface area contributed by atoms with Gasteiger partial charge in [-0.3, -0.25) is 9.48 Å². The van der Waals surface area contributed by atoms with Crippen molar-refractivity contribution in [1.82, 2.24) is 20.1 Å². The number of aromatic nitrogens is 3. The van der Waals surface area contributed by atoms with Gasteiger partial charge in [-0.25, -0.2) is 4.98 Å². The van der Waals surface area contributed by atoms with Gasteiger partial charge in [0.05, 0.1) is 0 Å². The molecular weight excluding hydrogens is 278 g/mol. The van der Waals surface area contributed by atoms with Gasteiger partial charge in [-0.15, -0.1) is 0 Å². The molecule has 1 N–H and O–H groups in total. The second-order valence-electron chi connectivity index (χ2n) is 5.08. The van der Waals surface area contributed by atoms with Crippen molar-refractivity contribution in [3.05, 3.63) is 42.4 Å². The van der Waals surface area contributed by atoms with Gasteiger partial charge in [0, 0.05) is 38.2 Å². The Morgan fingerprint density at radius 3 is 2.68 bits per heavy atom. The topological polar surface area (TPSA) is 63.1 Å². The van der Waals surface area contributed by atoms with Gasteiger partial charge in [0.2, 0.25) is 5.91 Å². The number of carbonyl (C=O) groups excluding carboxylic acids is 1. The van der Waals surface area contributed by atoms with E-state index < -0.39 is 0 Å². The predicted octanol–water partition coefficient (Wildman–Crippen LogP) is 2.00. The first-order valence-electron chi connectivity index (χ1n) is 7.62. The Hall–Kier alpha value is -2.37. The Kier molecular flexibility index (Phi) is 5.52. The third-order valence-corrected chi connectivity index (χ3v) is 3.66. The summed E-state index contributed by atoms with van der Waals surface area (Å²) in [7, 11) is 0. The zero-order chi connectivity index (χ0) is 15.9. The third-order valence-electron chi connectivity index (χ3n) is 3.66. The first-order valence-corrected chi connectivity index (χ1v) is 7.62. The van der Waals surface area contributed by atoms with E-state index in [1.165, 1.54) is 0 Å². The maximum Gasteiger partial charge on any atom is 0.244 e. The summed E-state index contributed by atoms with van der Waals surface area (Å²) in [4.78, 5) is 18.7. The van der Waals surface area contributed by atoms with Crippen molar-refractivity contribution in [1.29, 1.82) is 0 Å². The van der Waals surface area contributed by atoms with Crippen LogP contribution in [0.5, 0.6) is 0 Å². The minimum absolute atomic E-state index is 0.0588. The molecule has 0 aromatic carbocycles. The Morgan fingerprint density at radius 1 is 1.36 bits per heavy atom. The van der Waals surface area contributed by atoms with Crippen molar-refractivity contribution in [2.45, 2.75) is 33.4 Å². The maximum absolute atomic E-state index is 12.1. The summed E-state index contributed by atoms with van der Waals surface area (Å²) in [6, 6.07) is 5.47. The molecule has 0 radical (unpaired) electrons. The lowest BCUT2D eigenvalue weighted by atomic mass is 10.2. The molecule has 0 bridgehead atoms. The molecule has 2 aromatic rings.